The SMILES string of the molecule is CC(C)C(=O)CNC(=O)N(C)C. The molecule has 0 bridgehead atoms. The molecule has 2 amide bonds. The van der Waals surface area contributed by atoms with E-state index in [4.69, 9.17) is 0 Å². The Labute approximate surface area is 72.9 Å². The summed E-state index contributed by atoms with van der Waals surface area (Å²) in [7, 11) is 3.27. The van der Waals surface area contributed by atoms with Gasteiger partial charge in [-0.3, -0.25) is 4.79 Å². The summed E-state index contributed by atoms with van der Waals surface area (Å²) in [6.45, 7) is 3.74. The number of hydrogen-bond acceptors (Lipinski definition) is 2. The molecule has 0 aromatic rings. The lowest BCUT2D eigenvalue weighted by Gasteiger charge is -2.11. The highest BCUT2D eigenvalue weighted by Gasteiger charge is 2.09. The van der Waals surface area contributed by atoms with Crippen LogP contribution in [0.2, 0.25) is 0 Å². The van der Waals surface area contributed by atoms with Crippen molar-refractivity contribution in [1.29, 1.82) is 0 Å². The molecule has 0 aliphatic heterocycles. The van der Waals surface area contributed by atoms with Gasteiger partial charge in [0.05, 0.1) is 6.54 Å². The van der Waals surface area contributed by atoms with Crippen LogP contribution in [0.1, 0.15) is 13.8 Å². The monoisotopic (exact) mass is 172 g/mol. The summed E-state index contributed by atoms with van der Waals surface area (Å²) in [6.07, 6.45) is 0. The third-order valence-electron chi connectivity index (χ3n) is 1.46. The van der Waals surface area contributed by atoms with Crippen LogP contribution in [-0.2, 0) is 4.79 Å². The van der Waals surface area contributed by atoms with Gasteiger partial charge in [-0.05, 0) is 0 Å². The molecule has 4 heteroatoms. The van der Waals surface area contributed by atoms with Crippen molar-refractivity contribution < 1.29 is 9.59 Å². The maximum atomic E-state index is 11.0. The molecule has 1 N–H and O–H groups in total. The third-order valence-corrected chi connectivity index (χ3v) is 1.46. The van der Waals surface area contributed by atoms with E-state index in [1.807, 2.05) is 13.8 Å². The lowest BCUT2D eigenvalue weighted by molar-refractivity contribution is -0.120. The number of urea groups is 1. The van der Waals surface area contributed by atoms with E-state index >= 15 is 0 Å². The predicted octanol–water partition coefficient (Wildman–Crippen LogP) is 0.483. The Balaban J connectivity index is 3.69. The normalized spacial score (nSPS) is 9.75. The molecule has 0 aliphatic rings. The van der Waals surface area contributed by atoms with Gasteiger partial charge < -0.3 is 10.2 Å². The van der Waals surface area contributed by atoms with E-state index in [0.717, 1.165) is 0 Å². The van der Waals surface area contributed by atoms with Crippen molar-refractivity contribution in [3.05, 3.63) is 0 Å². The maximum absolute atomic E-state index is 11.0. The number of hydrogen-bond donors (Lipinski definition) is 1. The highest BCUT2D eigenvalue weighted by atomic mass is 16.2. The zero-order chi connectivity index (χ0) is 9.72. The van der Waals surface area contributed by atoms with Gasteiger partial charge >= 0.3 is 6.03 Å². The summed E-state index contributed by atoms with van der Waals surface area (Å²) in [5, 5.41) is 2.50. The largest absolute Gasteiger partial charge is 0.331 e. The van der Waals surface area contributed by atoms with Crippen LogP contribution in [0.3, 0.4) is 0 Å². The highest BCUT2D eigenvalue weighted by molar-refractivity contribution is 5.86. The van der Waals surface area contributed by atoms with Crippen molar-refractivity contribution >= 4 is 11.8 Å². The number of ketones is 1. The van der Waals surface area contributed by atoms with E-state index in [-0.39, 0.29) is 24.3 Å². The molecule has 0 spiro atoms. The van der Waals surface area contributed by atoms with Crippen molar-refractivity contribution in [3.8, 4) is 0 Å². The summed E-state index contributed by atoms with van der Waals surface area (Å²) in [5.41, 5.74) is 0. The predicted molar refractivity (Wildman–Crippen MR) is 46.9 cm³/mol. The van der Waals surface area contributed by atoms with Gasteiger partial charge in [-0.1, -0.05) is 13.8 Å². The second kappa shape index (κ2) is 4.74. The van der Waals surface area contributed by atoms with Crippen molar-refractivity contribution in [3.63, 3.8) is 0 Å². The van der Waals surface area contributed by atoms with E-state index in [1.54, 1.807) is 14.1 Å². The molecule has 0 aromatic heterocycles. The van der Waals surface area contributed by atoms with Crippen molar-refractivity contribution in [2.45, 2.75) is 13.8 Å². The maximum Gasteiger partial charge on any atom is 0.317 e. The molecule has 0 radical (unpaired) electrons. The van der Waals surface area contributed by atoms with E-state index in [2.05, 4.69) is 5.32 Å². The average molecular weight is 172 g/mol. The van der Waals surface area contributed by atoms with E-state index in [1.165, 1.54) is 4.90 Å². The zero-order valence-electron chi connectivity index (χ0n) is 8.05. The zero-order valence-corrected chi connectivity index (χ0v) is 8.05. The Hall–Kier alpha value is -1.06. The van der Waals surface area contributed by atoms with E-state index in [9.17, 15) is 9.59 Å². The molecule has 0 aliphatic carbocycles. The smallest absolute Gasteiger partial charge is 0.317 e. The number of nitrogens with zero attached hydrogens (tertiary/aromatic N) is 1. The van der Waals surface area contributed by atoms with Crippen LogP contribution in [0.25, 0.3) is 0 Å². The molecule has 0 saturated heterocycles. The molecule has 0 heterocycles. The molecular formula is C8H16N2O2. The first-order valence-electron chi connectivity index (χ1n) is 3.93. The van der Waals surface area contributed by atoms with Crippen LogP contribution in [0.5, 0.6) is 0 Å². The fourth-order valence-electron chi connectivity index (χ4n) is 0.525. The van der Waals surface area contributed by atoms with Crippen molar-refractivity contribution in [2.24, 2.45) is 5.92 Å². The molecule has 0 unspecified atom stereocenters. The highest BCUT2D eigenvalue weighted by Crippen LogP contribution is 1.92. The van der Waals surface area contributed by atoms with Crippen LogP contribution in [-0.4, -0.2) is 37.4 Å². The minimum Gasteiger partial charge on any atom is -0.331 e. The average Bonchev–Trinajstić information content (AvgIpc) is 1.98. The van der Waals surface area contributed by atoms with Crippen LogP contribution in [0.15, 0.2) is 0 Å². The standard InChI is InChI=1S/C8H16N2O2/c1-6(2)7(11)5-9-8(12)10(3)4/h6H,5H2,1-4H3,(H,9,12). The summed E-state index contributed by atoms with van der Waals surface area (Å²) >= 11 is 0. The molecule has 0 fully saturated rings. The van der Waals surface area contributed by atoms with Crippen LogP contribution in [0, 0.1) is 5.92 Å². The second-order valence-electron chi connectivity index (χ2n) is 3.17. The minimum atomic E-state index is -0.232. The summed E-state index contributed by atoms with van der Waals surface area (Å²) in [5.74, 6) is 0.0256. The molecule has 0 saturated carbocycles. The first-order chi connectivity index (χ1) is 5.45. The van der Waals surface area contributed by atoms with Gasteiger partial charge in [0, 0.05) is 20.0 Å². The molecule has 4 nitrogen and oxygen atoms in total. The Bertz CT molecular complexity index is 156. The Morgan fingerprint density at radius 2 is 1.83 bits per heavy atom. The molecule has 0 atom stereocenters. The van der Waals surface area contributed by atoms with Crippen LogP contribution in [0.4, 0.5) is 4.79 Å². The molecule has 0 rings (SSSR count). The van der Waals surface area contributed by atoms with Gasteiger partial charge in [-0.25, -0.2) is 4.79 Å². The Morgan fingerprint density at radius 3 is 2.17 bits per heavy atom. The number of amides is 2. The van der Waals surface area contributed by atoms with Gasteiger partial charge in [0.2, 0.25) is 0 Å². The fraction of sp³-hybridized carbons (Fsp3) is 0.750. The lowest BCUT2D eigenvalue weighted by atomic mass is 10.1. The Morgan fingerprint density at radius 1 is 1.33 bits per heavy atom. The first-order valence-corrected chi connectivity index (χ1v) is 3.93. The minimum absolute atomic E-state index is 0.0209. The number of carbonyl (C=O) groups is 2. The third kappa shape index (κ3) is 3.95. The van der Waals surface area contributed by atoms with Crippen molar-refractivity contribution in [1.82, 2.24) is 10.2 Å². The Kier molecular flexibility index (Phi) is 4.33. The topological polar surface area (TPSA) is 49.4 Å². The van der Waals surface area contributed by atoms with Gasteiger partial charge in [0.25, 0.3) is 0 Å². The van der Waals surface area contributed by atoms with E-state index < -0.39 is 0 Å². The molecule has 12 heavy (non-hydrogen) atoms. The summed E-state index contributed by atoms with van der Waals surface area (Å²) < 4.78 is 0. The van der Waals surface area contributed by atoms with Crippen LogP contribution < -0.4 is 5.32 Å². The number of nitrogens with one attached hydrogen (secondary N) is 1. The van der Waals surface area contributed by atoms with Gasteiger partial charge in [-0.2, -0.15) is 0 Å². The van der Waals surface area contributed by atoms with Crippen LogP contribution >= 0.6 is 0 Å². The second-order valence-corrected chi connectivity index (χ2v) is 3.17. The fourth-order valence-corrected chi connectivity index (χ4v) is 0.525. The van der Waals surface area contributed by atoms with Gasteiger partial charge in [-0.15, -0.1) is 0 Å². The number of carbonyl (C=O) groups excluding carboxylic acids is 2. The lowest BCUT2D eigenvalue weighted by Crippen LogP contribution is -2.38. The van der Waals surface area contributed by atoms with Gasteiger partial charge in [0.1, 0.15) is 0 Å². The summed E-state index contributed by atoms with van der Waals surface area (Å²) in [4.78, 5) is 23.4. The summed E-state index contributed by atoms with van der Waals surface area (Å²) in [6, 6.07) is -0.232. The number of Topliss-reactive ketones (excluding diaryl/α,β-unsaturated/α-hetero) is 1. The molecule has 0 aromatic carbocycles. The molecular weight excluding hydrogens is 156 g/mol. The van der Waals surface area contributed by atoms with Gasteiger partial charge in [0.15, 0.2) is 5.78 Å². The van der Waals surface area contributed by atoms with E-state index in [0.29, 0.717) is 0 Å². The first kappa shape index (κ1) is 10.9. The number of rotatable bonds is 3. The van der Waals surface area contributed by atoms with Crippen molar-refractivity contribution in [2.75, 3.05) is 20.6 Å². The molecule has 70 valence electrons. The quantitative estimate of drug-likeness (QED) is 0.673.